The quantitative estimate of drug-likeness (QED) is 0.157. The number of hydrogen-bond acceptors (Lipinski definition) is 1. The lowest BCUT2D eigenvalue weighted by molar-refractivity contribution is 0.662. The van der Waals surface area contributed by atoms with Gasteiger partial charge in [-0.05, 0) is 113 Å². The maximum absolute atomic E-state index is 2.51. The lowest BCUT2D eigenvalue weighted by atomic mass is 9.76. The number of fused-ring (bicyclic) bond motifs is 8. The van der Waals surface area contributed by atoms with Crippen LogP contribution in [0.15, 0.2) is 206 Å². The minimum Gasteiger partial charge on any atom is -0.309 e. The third-order valence-electron chi connectivity index (χ3n) is 13.6. The van der Waals surface area contributed by atoms with Crippen LogP contribution in [0.4, 0.5) is 17.1 Å². The van der Waals surface area contributed by atoms with E-state index in [4.69, 9.17) is 0 Å². The van der Waals surface area contributed by atoms with E-state index in [0.717, 1.165) is 17.1 Å². The van der Waals surface area contributed by atoms with Gasteiger partial charge < -0.3 is 4.90 Å². The number of nitrogens with zero attached hydrogens (tertiary/aromatic N) is 1. The van der Waals surface area contributed by atoms with Crippen molar-refractivity contribution in [3.63, 3.8) is 0 Å². The maximum atomic E-state index is 2.51. The second-order valence-corrected chi connectivity index (χ2v) is 17.2. The Morgan fingerprint density at radius 2 is 0.754 bits per heavy atom. The molecule has 11 aromatic rings. The molecule has 0 aliphatic heterocycles. The minimum absolute atomic E-state index is 0.145. The van der Waals surface area contributed by atoms with Crippen LogP contribution in [0, 0.1) is 6.92 Å². The molecule has 0 fully saturated rings. The molecule has 0 N–H and O–H groups in total. The van der Waals surface area contributed by atoms with Crippen molar-refractivity contribution in [2.75, 3.05) is 4.90 Å². The van der Waals surface area contributed by atoms with E-state index in [2.05, 4.69) is 232 Å². The first-order chi connectivity index (χ1) is 30.0. The van der Waals surface area contributed by atoms with Gasteiger partial charge in [0.15, 0.2) is 0 Å². The van der Waals surface area contributed by atoms with Gasteiger partial charge in [-0.1, -0.05) is 202 Å². The fourth-order valence-corrected chi connectivity index (χ4v) is 10.9. The number of anilines is 3. The standard InChI is InChI=1S/C60H43N/c1-38-34-36-55(44-24-8-6-20-40(38)44)61(54-33-16-19-39-18-4-5-21-41(39)54)56-37-35-50(42-22-7-9-25-45(42)56)57-46-26-10-12-28-48(46)58(49-29-13-11-27-47(49)57)52-31-17-30-51-43-23-14-15-32-53(43)60(2,3)59(51)52/h4-37H,1-3H3. The van der Waals surface area contributed by atoms with E-state index >= 15 is 0 Å². The Bertz CT molecular complexity index is 3530. The van der Waals surface area contributed by atoms with E-state index < -0.39 is 0 Å². The number of aryl methyl sites for hydroxylation is 1. The molecule has 0 spiro atoms. The van der Waals surface area contributed by atoms with E-state index in [9.17, 15) is 0 Å². The lowest BCUT2D eigenvalue weighted by Crippen LogP contribution is -2.16. The molecule has 0 bridgehead atoms. The van der Waals surface area contributed by atoms with Crippen LogP contribution in [0.25, 0.3) is 87.2 Å². The summed E-state index contributed by atoms with van der Waals surface area (Å²) in [5.41, 5.74) is 15.2. The summed E-state index contributed by atoms with van der Waals surface area (Å²) in [4.78, 5) is 2.51. The molecule has 61 heavy (non-hydrogen) atoms. The summed E-state index contributed by atoms with van der Waals surface area (Å²) < 4.78 is 0. The fraction of sp³-hybridized carbons (Fsp3) is 0.0667. The summed E-state index contributed by atoms with van der Waals surface area (Å²) in [6.45, 7) is 7.01. The van der Waals surface area contributed by atoms with Crippen molar-refractivity contribution in [3.8, 4) is 33.4 Å². The molecule has 1 aliphatic carbocycles. The van der Waals surface area contributed by atoms with Gasteiger partial charge in [-0.25, -0.2) is 0 Å². The summed E-state index contributed by atoms with van der Waals surface area (Å²) in [6.07, 6.45) is 0. The van der Waals surface area contributed by atoms with E-state index in [-0.39, 0.29) is 5.41 Å². The Morgan fingerprint density at radius 3 is 1.44 bits per heavy atom. The van der Waals surface area contributed by atoms with Gasteiger partial charge in [-0.15, -0.1) is 0 Å². The summed E-state index contributed by atoms with van der Waals surface area (Å²) in [6, 6.07) is 76.8. The highest BCUT2D eigenvalue weighted by atomic mass is 15.1. The van der Waals surface area contributed by atoms with Crippen molar-refractivity contribution in [1.29, 1.82) is 0 Å². The summed E-state index contributed by atoms with van der Waals surface area (Å²) >= 11 is 0. The Hall–Kier alpha value is -7.48. The van der Waals surface area contributed by atoms with Crippen molar-refractivity contribution in [3.05, 3.63) is 223 Å². The Labute approximate surface area is 356 Å². The highest BCUT2D eigenvalue weighted by molar-refractivity contribution is 6.25. The van der Waals surface area contributed by atoms with Crippen molar-refractivity contribution < 1.29 is 0 Å². The molecule has 0 saturated carbocycles. The molecule has 1 heteroatoms. The van der Waals surface area contributed by atoms with Crippen LogP contribution in [-0.2, 0) is 5.41 Å². The van der Waals surface area contributed by atoms with Crippen molar-refractivity contribution in [2.24, 2.45) is 0 Å². The number of hydrogen-bond donors (Lipinski definition) is 0. The molecule has 0 heterocycles. The second-order valence-electron chi connectivity index (χ2n) is 17.2. The summed E-state index contributed by atoms with van der Waals surface area (Å²) in [5, 5.41) is 12.4. The average molecular weight is 778 g/mol. The van der Waals surface area contributed by atoms with Gasteiger partial charge in [0, 0.05) is 21.6 Å². The topological polar surface area (TPSA) is 3.24 Å². The van der Waals surface area contributed by atoms with Crippen LogP contribution in [0.5, 0.6) is 0 Å². The maximum Gasteiger partial charge on any atom is 0.0540 e. The highest BCUT2D eigenvalue weighted by Gasteiger charge is 2.38. The second kappa shape index (κ2) is 13.5. The molecular formula is C60H43N. The monoisotopic (exact) mass is 777 g/mol. The molecule has 12 rings (SSSR count). The normalized spacial score (nSPS) is 13.0. The first-order valence-electron chi connectivity index (χ1n) is 21.4. The summed E-state index contributed by atoms with van der Waals surface area (Å²) in [5.74, 6) is 0. The third-order valence-corrected chi connectivity index (χ3v) is 13.6. The van der Waals surface area contributed by atoms with E-state index in [1.807, 2.05) is 0 Å². The molecule has 0 aromatic heterocycles. The highest BCUT2D eigenvalue weighted by Crippen LogP contribution is 2.55. The van der Waals surface area contributed by atoms with Gasteiger partial charge in [0.2, 0.25) is 0 Å². The Balaban J connectivity index is 1.15. The zero-order valence-electron chi connectivity index (χ0n) is 34.6. The average Bonchev–Trinajstić information content (AvgIpc) is 3.55. The summed E-state index contributed by atoms with van der Waals surface area (Å²) in [7, 11) is 0. The van der Waals surface area contributed by atoms with Crippen LogP contribution in [-0.4, -0.2) is 0 Å². The first-order valence-corrected chi connectivity index (χ1v) is 21.4. The van der Waals surface area contributed by atoms with Crippen molar-refractivity contribution in [2.45, 2.75) is 26.2 Å². The SMILES string of the molecule is Cc1ccc(N(c2cccc3ccccc23)c2ccc(-c3c4ccccc4c(-c4cccc5c4C(C)(C)c4ccccc4-5)c4ccccc34)c3ccccc23)c2ccccc12. The minimum atomic E-state index is -0.145. The van der Waals surface area contributed by atoms with Gasteiger partial charge >= 0.3 is 0 Å². The van der Waals surface area contributed by atoms with Crippen LogP contribution >= 0.6 is 0 Å². The predicted octanol–water partition coefficient (Wildman–Crippen LogP) is 16.9. The van der Waals surface area contributed by atoms with Crippen LogP contribution < -0.4 is 4.90 Å². The van der Waals surface area contributed by atoms with E-state index in [1.165, 1.54) is 104 Å². The molecule has 11 aromatic carbocycles. The van der Waals surface area contributed by atoms with Crippen LogP contribution in [0.3, 0.4) is 0 Å². The molecule has 0 atom stereocenters. The molecule has 288 valence electrons. The fourth-order valence-electron chi connectivity index (χ4n) is 10.9. The zero-order valence-corrected chi connectivity index (χ0v) is 34.6. The molecule has 0 unspecified atom stereocenters. The van der Waals surface area contributed by atoms with Crippen molar-refractivity contribution in [1.82, 2.24) is 0 Å². The number of benzene rings is 11. The van der Waals surface area contributed by atoms with Crippen LogP contribution in [0.2, 0.25) is 0 Å². The number of rotatable bonds is 5. The largest absolute Gasteiger partial charge is 0.309 e. The van der Waals surface area contributed by atoms with Gasteiger partial charge in [0.25, 0.3) is 0 Å². The van der Waals surface area contributed by atoms with E-state index in [1.54, 1.807) is 0 Å². The molecule has 0 radical (unpaired) electrons. The zero-order chi connectivity index (χ0) is 40.8. The molecular weight excluding hydrogens is 735 g/mol. The van der Waals surface area contributed by atoms with Gasteiger partial charge in [0.1, 0.15) is 0 Å². The van der Waals surface area contributed by atoms with Gasteiger partial charge in [-0.3, -0.25) is 0 Å². The van der Waals surface area contributed by atoms with Gasteiger partial charge in [-0.2, -0.15) is 0 Å². The molecule has 1 nitrogen and oxygen atoms in total. The van der Waals surface area contributed by atoms with Gasteiger partial charge in [0.05, 0.1) is 17.1 Å². The first kappa shape index (κ1) is 35.5. The van der Waals surface area contributed by atoms with Crippen LogP contribution in [0.1, 0.15) is 30.5 Å². The Kier molecular flexibility index (Phi) is 7.86. The van der Waals surface area contributed by atoms with E-state index in [0.29, 0.717) is 0 Å². The molecule has 0 amide bonds. The molecule has 0 saturated heterocycles. The van der Waals surface area contributed by atoms with Crippen molar-refractivity contribution >= 4 is 70.9 Å². The third kappa shape index (κ3) is 5.20. The molecule has 1 aliphatic rings. The lowest BCUT2D eigenvalue weighted by Gasteiger charge is -2.30. The smallest absolute Gasteiger partial charge is 0.0540 e. The predicted molar refractivity (Wildman–Crippen MR) is 262 cm³/mol. The Morgan fingerprint density at radius 1 is 0.311 bits per heavy atom.